The minimum atomic E-state index is -4.37. The molecule has 0 radical (unpaired) electrons. The molecule has 6 aromatic rings. The minimum Gasteiger partial charge on any atom is -0.489 e. The van der Waals surface area contributed by atoms with Gasteiger partial charge in [-0.15, -0.1) is 0 Å². The molecule has 0 aliphatic carbocycles. The summed E-state index contributed by atoms with van der Waals surface area (Å²) in [6.07, 6.45) is 0.867. The first kappa shape index (κ1) is 46.4. The number of carbonyl (C=O) groups is 2. The summed E-state index contributed by atoms with van der Waals surface area (Å²) in [5.41, 5.74) is 6.11. The Morgan fingerprint density at radius 1 is 0.868 bits per heavy atom. The first-order valence-electron chi connectivity index (χ1n) is 21.9. The number of benzene rings is 5. The van der Waals surface area contributed by atoms with Crippen LogP contribution in [0.15, 0.2) is 126 Å². The van der Waals surface area contributed by atoms with Crippen LogP contribution in [-0.4, -0.2) is 81.7 Å². The van der Waals surface area contributed by atoms with E-state index in [0.717, 1.165) is 32.1 Å². The average molecular weight is 975 g/mol. The number of fused-ring (bicyclic) bond motifs is 2. The Morgan fingerprint density at radius 2 is 1.57 bits per heavy atom. The van der Waals surface area contributed by atoms with E-state index in [1.54, 1.807) is 42.5 Å². The number of halogens is 2. The molecule has 3 atom stereocenters. The number of hydrogen-bond acceptors (Lipinski definition) is 12. The SMILES string of the molecule is COC(=O)C(Cc1ccc(-c2ccc(C#N)cc2)cc1)NC(=O)C1Cc2cc3c(cc2CN1S(=O)(=O)c1ccc(N2CCOCC2)nc1)OC(c1ccc(OCc2ccc(Cl)c(Cl)c2)cc1)CO3. The van der Waals surface area contributed by atoms with Crippen LogP contribution in [0.25, 0.3) is 11.1 Å². The molecule has 3 aliphatic heterocycles. The zero-order chi connectivity index (χ0) is 47.4. The number of morpholine rings is 1. The lowest BCUT2D eigenvalue weighted by Crippen LogP contribution is -2.56. The first-order valence-corrected chi connectivity index (χ1v) is 24.1. The van der Waals surface area contributed by atoms with Crippen molar-refractivity contribution in [3.05, 3.63) is 165 Å². The summed E-state index contributed by atoms with van der Waals surface area (Å²) < 4.78 is 60.0. The molecule has 1 N–H and O–H groups in total. The topological polar surface area (TPSA) is 170 Å². The largest absolute Gasteiger partial charge is 0.489 e. The fraction of sp³-hybridized carbons (Fsp3) is 0.255. The Kier molecular flexibility index (Phi) is 13.9. The number of hydrogen-bond donors (Lipinski definition) is 1. The van der Waals surface area contributed by atoms with Crippen LogP contribution in [0.3, 0.4) is 0 Å². The molecule has 0 spiro atoms. The van der Waals surface area contributed by atoms with Crippen molar-refractivity contribution in [2.45, 2.75) is 49.1 Å². The van der Waals surface area contributed by atoms with Crippen molar-refractivity contribution < 1.29 is 41.7 Å². The molecule has 1 fully saturated rings. The molecule has 5 aromatic carbocycles. The highest BCUT2D eigenvalue weighted by atomic mass is 35.5. The van der Waals surface area contributed by atoms with Crippen molar-refractivity contribution in [2.75, 3.05) is 44.9 Å². The summed E-state index contributed by atoms with van der Waals surface area (Å²) in [7, 11) is -3.14. The van der Waals surface area contributed by atoms with Gasteiger partial charge in [0.2, 0.25) is 15.9 Å². The molecule has 17 heteroatoms. The van der Waals surface area contributed by atoms with Crippen LogP contribution in [0.2, 0.25) is 10.0 Å². The molecule has 14 nitrogen and oxygen atoms in total. The highest BCUT2D eigenvalue weighted by Gasteiger charge is 2.42. The van der Waals surface area contributed by atoms with Crippen LogP contribution >= 0.6 is 23.2 Å². The van der Waals surface area contributed by atoms with Crippen LogP contribution in [0.1, 0.15) is 39.5 Å². The van der Waals surface area contributed by atoms with Gasteiger partial charge in [0.1, 0.15) is 41.8 Å². The van der Waals surface area contributed by atoms with Gasteiger partial charge in [0.05, 0.1) is 42.0 Å². The van der Waals surface area contributed by atoms with Crippen molar-refractivity contribution in [1.82, 2.24) is 14.6 Å². The van der Waals surface area contributed by atoms with E-state index in [-0.39, 0.29) is 30.9 Å². The second-order valence-corrected chi connectivity index (χ2v) is 19.2. The second-order valence-electron chi connectivity index (χ2n) is 16.5. The molecule has 3 aliphatic rings. The highest BCUT2D eigenvalue weighted by Crippen LogP contribution is 2.42. The number of aromatic nitrogens is 1. The molecule has 1 amide bonds. The van der Waals surface area contributed by atoms with Gasteiger partial charge in [0.15, 0.2) is 17.6 Å². The first-order chi connectivity index (χ1) is 32.9. The van der Waals surface area contributed by atoms with E-state index < -0.39 is 40.1 Å². The lowest BCUT2D eigenvalue weighted by molar-refractivity contribution is -0.145. The van der Waals surface area contributed by atoms with E-state index in [2.05, 4.69) is 16.4 Å². The molecule has 4 heterocycles. The van der Waals surface area contributed by atoms with Crippen molar-refractivity contribution in [1.29, 1.82) is 5.26 Å². The third-order valence-electron chi connectivity index (χ3n) is 12.2. The zero-order valence-corrected chi connectivity index (χ0v) is 39.1. The Morgan fingerprint density at radius 3 is 2.25 bits per heavy atom. The number of esters is 1. The van der Waals surface area contributed by atoms with Crippen LogP contribution in [-0.2, 0) is 55.1 Å². The van der Waals surface area contributed by atoms with Crippen molar-refractivity contribution in [2.24, 2.45) is 0 Å². The maximum absolute atomic E-state index is 14.7. The number of nitrogens with one attached hydrogen (secondary N) is 1. The predicted molar refractivity (Wildman–Crippen MR) is 254 cm³/mol. The fourth-order valence-corrected chi connectivity index (χ4v) is 10.2. The predicted octanol–water partition coefficient (Wildman–Crippen LogP) is 7.87. The number of rotatable bonds is 13. The number of sulfonamides is 1. The van der Waals surface area contributed by atoms with Gasteiger partial charge in [-0.25, -0.2) is 18.2 Å². The summed E-state index contributed by atoms with van der Waals surface area (Å²) in [4.78, 5) is 34.3. The van der Waals surface area contributed by atoms with Crippen LogP contribution in [0.5, 0.6) is 17.2 Å². The number of ether oxygens (including phenoxy) is 5. The van der Waals surface area contributed by atoms with Gasteiger partial charge >= 0.3 is 5.97 Å². The van der Waals surface area contributed by atoms with E-state index in [0.29, 0.717) is 82.7 Å². The maximum atomic E-state index is 14.7. The summed E-state index contributed by atoms with van der Waals surface area (Å²) in [5, 5.41) is 12.9. The molecule has 68 heavy (non-hydrogen) atoms. The Hall–Kier alpha value is -6.67. The molecule has 0 saturated carbocycles. The van der Waals surface area contributed by atoms with Crippen LogP contribution in [0.4, 0.5) is 5.82 Å². The molecule has 348 valence electrons. The summed E-state index contributed by atoms with van der Waals surface area (Å²) >= 11 is 12.2. The number of methoxy groups -OCH3 is 1. The monoisotopic (exact) mass is 973 g/mol. The molecule has 3 unspecified atom stereocenters. The van der Waals surface area contributed by atoms with E-state index in [4.69, 9.17) is 46.9 Å². The Labute approximate surface area is 403 Å². The van der Waals surface area contributed by atoms with Gasteiger partial charge in [0.25, 0.3) is 0 Å². The Bertz CT molecular complexity index is 2970. The number of carbonyl (C=O) groups excluding carboxylic acids is 2. The van der Waals surface area contributed by atoms with Gasteiger partial charge in [-0.3, -0.25) is 4.79 Å². The number of nitrogens with zero attached hydrogens (tertiary/aromatic N) is 4. The second kappa shape index (κ2) is 20.3. The lowest BCUT2D eigenvalue weighted by Gasteiger charge is -2.37. The van der Waals surface area contributed by atoms with E-state index in [1.165, 1.54) is 19.4 Å². The van der Waals surface area contributed by atoms with Crippen LogP contribution < -0.4 is 24.4 Å². The summed E-state index contributed by atoms with van der Waals surface area (Å²) in [6, 6.07) is 33.9. The smallest absolute Gasteiger partial charge is 0.328 e. The van der Waals surface area contributed by atoms with Crippen molar-refractivity contribution >= 4 is 50.9 Å². The van der Waals surface area contributed by atoms with Crippen molar-refractivity contribution in [3.8, 4) is 34.4 Å². The molecular weight excluding hydrogens is 930 g/mol. The zero-order valence-electron chi connectivity index (χ0n) is 36.8. The number of nitriles is 1. The summed E-state index contributed by atoms with van der Waals surface area (Å²) in [6.45, 7) is 2.60. The highest BCUT2D eigenvalue weighted by molar-refractivity contribution is 7.89. The third-order valence-corrected chi connectivity index (χ3v) is 14.7. The van der Waals surface area contributed by atoms with Gasteiger partial charge < -0.3 is 33.9 Å². The average Bonchev–Trinajstić information content (AvgIpc) is 3.38. The van der Waals surface area contributed by atoms with Gasteiger partial charge in [-0.2, -0.15) is 9.57 Å². The van der Waals surface area contributed by atoms with Crippen molar-refractivity contribution in [3.63, 3.8) is 0 Å². The standard InChI is InChI=1S/C51H45Cl2N5O9S/c1-63-51(60)44(23-32-2-7-35(8-3-32)36-9-4-33(27-54)5-10-36)56-50(59)45-24-38-25-46-47(26-39(38)29-58(45)68(61,62)41-15-17-49(55-28-41)57-18-20-64-21-19-57)67-48(31-66-46)37-11-13-40(14-12-37)65-30-34-6-16-42(52)43(53)22-34/h2-17,22,25-26,28,44-45,48H,18-21,23-24,29-31H2,1H3,(H,56,59). The normalized spacial score (nSPS) is 17.3. The molecule has 1 aromatic heterocycles. The molecule has 1 saturated heterocycles. The summed E-state index contributed by atoms with van der Waals surface area (Å²) in [5.74, 6) is 0.762. The van der Waals surface area contributed by atoms with Gasteiger partial charge in [-0.1, -0.05) is 77.8 Å². The maximum Gasteiger partial charge on any atom is 0.328 e. The van der Waals surface area contributed by atoms with E-state index >= 15 is 0 Å². The van der Waals surface area contributed by atoms with Gasteiger partial charge in [0, 0.05) is 32.3 Å². The minimum absolute atomic E-state index is 0.0311. The van der Waals surface area contributed by atoms with Crippen LogP contribution in [0, 0.1) is 11.3 Å². The van der Waals surface area contributed by atoms with Gasteiger partial charge in [-0.05, 0) is 106 Å². The van der Waals surface area contributed by atoms with E-state index in [9.17, 15) is 23.3 Å². The number of anilines is 1. The quantitative estimate of drug-likeness (QED) is 0.111. The number of amides is 1. The number of pyridine rings is 1. The van der Waals surface area contributed by atoms with E-state index in [1.807, 2.05) is 71.6 Å². The molecular formula is C51H45Cl2N5O9S. The fourth-order valence-electron chi connectivity index (χ4n) is 8.39. The Balaban J connectivity index is 0.954. The molecule has 0 bridgehead atoms. The molecule has 9 rings (SSSR count). The third kappa shape index (κ3) is 10.3. The lowest BCUT2D eigenvalue weighted by atomic mass is 9.93.